The molecule has 0 saturated carbocycles. The third-order valence-corrected chi connectivity index (χ3v) is 5.19. The number of pyridine rings is 1. The lowest BCUT2D eigenvalue weighted by molar-refractivity contribution is 0.0154. The van der Waals surface area contributed by atoms with Crippen LogP contribution < -0.4 is 16.4 Å². The Bertz CT molecular complexity index is 737. The Morgan fingerprint density at radius 1 is 1.04 bits per heavy atom. The fraction of sp³-hybridized carbons (Fsp3) is 0.312. The number of rotatable bonds is 2. The summed E-state index contributed by atoms with van der Waals surface area (Å²) in [5.74, 6) is 0.274. The van der Waals surface area contributed by atoms with Gasteiger partial charge in [-0.3, -0.25) is 4.98 Å². The van der Waals surface area contributed by atoms with E-state index in [0.29, 0.717) is 5.69 Å². The molecule has 3 nitrogen and oxygen atoms in total. The molecule has 0 radical (unpaired) electrons. The van der Waals surface area contributed by atoms with E-state index in [1.807, 2.05) is 62.5 Å². The zero-order valence-corrected chi connectivity index (χ0v) is 15.2. The second kappa shape index (κ2) is 5.79. The fourth-order valence-corrected chi connectivity index (χ4v) is 2.54. The highest BCUT2D eigenvalue weighted by molar-refractivity contribution is 6.58. The summed E-state index contributed by atoms with van der Waals surface area (Å²) in [7, 11) is 7.76. The summed E-state index contributed by atoms with van der Waals surface area (Å²) in [6.45, 7) is 6.00. The molecule has 1 aromatic carbocycles. The van der Waals surface area contributed by atoms with Gasteiger partial charge in [0.1, 0.15) is 37.1 Å². The number of phenolic OH excluding ortho intramolecular Hbond substituents is 1. The van der Waals surface area contributed by atoms with Crippen molar-refractivity contribution in [2.45, 2.75) is 26.3 Å². The lowest BCUT2D eigenvalue weighted by Gasteiger charge is -2.37. The van der Waals surface area contributed by atoms with E-state index in [2.05, 4.69) is 4.98 Å². The van der Waals surface area contributed by atoms with Crippen LogP contribution in [0.5, 0.6) is 5.75 Å². The monoisotopic (exact) mass is 305 g/mol. The minimum atomic E-state index is -0.973. The molecule has 1 unspecified atom stereocenters. The molecule has 7 heteroatoms. The van der Waals surface area contributed by atoms with Crippen molar-refractivity contribution in [3.8, 4) is 17.0 Å². The molecular weight excluding hydrogens is 281 g/mol. The van der Waals surface area contributed by atoms with E-state index in [1.165, 1.54) is 0 Å². The summed E-state index contributed by atoms with van der Waals surface area (Å²) in [5.41, 5.74) is 4.05. The molecule has 0 bridgehead atoms. The van der Waals surface area contributed by atoms with Gasteiger partial charge in [-0.1, -0.05) is 49.3 Å². The molecule has 1 atom stereocenters. The van der Waals surface area contributed by atoms with Crippen LogP contribution in [-0.4, -0.2) is 46.6 Å². The lowest BCUT2D eigenvalue weighted by atomic mass is 9.60. The Morgan fingerprint density at radius 2 is 1.65 bits per heavy atom. The third-order valence-electron chi connectivity index (χ3n) is 5.19. The highest BCUT2D eigenvalue weighted by Crippen LogP contribution is 2.36. The Morgan fingerprint density at radius 3 is 2.13 bits per heavy atom. The van der Waals surface area contributed by atoms with E-state index in [1.54, 1.807) is 14.0 Å². The largest absolute Gasteiger partial charge is 0.508 e. The van der Waals surface area contributed by atoms with Gasteiger partial charge >= 0.3 is 0 Å². The van der Waals surface area contributed by atoms with E-state index >= 15 is 0 Å². The van der Waals surface area contributed by atoms with E-state index in [9.17, 15) is 10.2 Å². The molecule has 116 valence electrons. The number of hydrogen-bond donors (Lipinski definition) is 2. The van der Waals surface area contributed by atoms with Crippen LogP contribution in [0, 0.1) is 5.41 Å². The zero-order valence-electron chi connectivity index (χ0n) is 15.2. The SMILES string of the molecule is Bc1cc(-c2ccc(C(B)(O)C(C)(C)C)cn2)c(O)c(B)c1B. The van der Waals surface area contributed by atoms with Gasteiger partial charge < -0.3 is 10.2 Å². The molecule has 0 amide bonds. The lowest BCUT2D eigenvalue weighted by Crippen LogP contribution is -2.40. The Hall–Kier alpha value is -1.61. The van der Waals surface area contributed by atoms with Gasteiger partial charge in [-0.05, 0) is 17.0 Å². The summed E-state index contributed by atoms with van der Waals surface area (Å²) in [5, 5.41) is 21.2. The quantitative estimate of drug-likeness (QED) is 0.584. The van der Waals surface area contributed by atoms with Gasteiger partial charge in [0.2, 0.25) is 0 Å². The first kappa shape index (κ1) is 17.7. The molecule has 2 rings (SSSR count). The molecule has 23 heavy (non-hydrogen) atoms. The van der Waals surface area contributed by atoms with Crippen molar-refractivity contribution in [3.05, 3.63) is 30.0 Å². The van der Waals surface area contributed by atoms with Gasteiger partial charge in [-0.2, -0.15) is 0 Å². The first-order chi connectivity index (χ1) is 10.5. The number of nitrogens with zero attached hydrogens (tertiary/aromatic N) is 1. The minimum absolute atomic E-state index is 0.274. The van der Waals surface area contributed by atoms with Gasteiger partial charge in [0, 0.05) is 11.8 Å². The van der Waals surface area contributed by atoms with Gasteiger partial charge in [-0.15, -0.1) is 0 Å². The minimum Gasteiger partial charge on any atom is -0.508 e. The summed E-state index contributed by atoms with van der Waals surface area (Å²) in [6, 6.07) is 5.71. The standard InChI is InChI=1S/C16H23B4NO2/c1-15(2,3)16(20,23)8-4-5-11(21-7-8)9-6-10(17)12(18)13(19)14(9)22/h4-7,22-23H,17-20H2,1-3H3. The van der Waals surface area contributed by atoms with Crippen LogP contribution in [0.2, 0.25) is 0 Å². The van der Waals surface area contributed by atoms with E-state index in [0.717, 1.165) is 27.5 Å². The van der Waals surface area contributed by atoms with Gasteiger partial charge in [-0.25, -0.2) is 0 Å². The topological polar surface area (TPSA) is 53.4 Å². The molecule has 0 aliphatic heterocycles. The first-order valence-corrected chi connectivity index (χ1v) is 7.96. The highest BCUT2D eigenvalue weighted by Gasteiger charge is 2.36. The van der Waals surface area contributed by atoms with Gasteiger partial charge in [0.25, 0.3) is 0 Å². The van der Waals surface area contributed by atoms with Crippen molar-refractivity contribution < 1.29 is 10.2 Å². The van der Waals surface area contributed by atoms with Crippen LogP contribution >= 0.6 is 0 Å². The van der Waals surface area contributed by atoms with Crippen LogP contribution in [0.4, 0.5) is 0 Å². The first-order valence-electron chi connectivity index (χ1n) is 7.96. The van der Waals surface area contributed by atoms with Crippen LogP contribution in [0.25, 0.3) is 11.3 Å². The van der Waals surface area contributed by atoms with E-state index in [-0.39, 0.29) is 11.2 Å². The van der Waals surface area contributed by atoms with Crippen LogP contribution in [0.15, 0.2) is 24.4 Å². The van der Waals surface area contributed by atoms with E-state index < -0.39 is 5.50 Å². The second-order valence-electron chi connectivity index (χ2n) is 7.59. The average Bonchev–Trinajstić information content (AvgIpc) is 2.48. The van der Waals surface area contributed by atoms with Crippen molar-refractivity contribution in [2.75, 3.05) is 0 Å². The molecule has 0 saturated heterocycles. The number of aromatic nitrogens is 1. The maximum atomic E-state index is 10.8. The number of phenols is 1. The predicted molar refractivity (Wildman–Crippen MR) is 108 cm³/mol. The number of aliphatic hydroxyl groups is 1. The highest BCUT2D eigenvalue weighted by atomic mass is 16.3. The molecule has 0 aliphatic carbocycles. The van der Waals surface area contributed by atoms with Crippen LogP contribution in [-0.2, 0) is 5.50 Å². The number of hydrogen-bond acceptors (Lipinski definition) is 3. The molecule has 2 N–H and O–H groups in total. The molecular formula is C16H23B4NO2. The summed E-state index contributed by atoms with van der Waals surface area (Å²) >= 11 is 0. The summed E-state index contributed by atoms with van der Waals surface area (Å²) in [4.78, 5) is 4.48. The Balaban J connectivity index is 2.50. The average molecular weight is 305 g/mol. The number of benzene rings is 1. The fourth-order valence-electron chi connectivity index (χ4n) is 2.54. The molecule has 0 aliphatic rings. The number of aromatic hydroxyl groups is 1. The van der Waals surface area contributed by atoms with E-state index in [4.69, 9.17) is 0 Å². The molecule has 0 fully saturated rings. The third kappa shape index (κ3) is 3.07. The van der Waals surface area contributed by atoms with Gasteiger partial charge in [0.15, 0.2) is 0 Å². The van der Waals surface area contributed by atoms with Crippen LogP contribution in [0.3, 0.4) is 0 Å². The molecule has 1 aromatic heterocycles. The molecule has 1 heterocycles. The van der Waals surface area contributed by atoms with Crippen molar-refractivity contribution in [1.29, 1.82) is 0 Å². The normalized spacial score (nSPS) is 14.4. The van der Waals surface area contributed by atoms with Crippen molar-refractivity contribution in [3.63, 3.8) is 0 Å². The van der Waals surface area contributed by atoms with Crippen molar-refractivity contribution in [1.82, 2.24) is 4.98 Å². The van der Waals surface area contributed by atoms with Gasteiger partial charge in [0.05, 0.1) is 11.2 Å². The Labute approximate surface area is 142 Å². The summed E-state index contributed by atoms with van der Waals surface area (Å²) in [6.07, 6.45) is 1.70. The smallest absolute Gasteiger partial charge is 0.149 e. The molecule has 0 spiro atoms. The van der Waals surface area contributed by atoms with Crippen LogP contribution in [0.1, 0.15) is 26.3 Å². The summed E-state index contributed by atoms with van der Waals surface area (Å²) < 4.78 is 0. The predicted octanol–water partition coefficient (Wildman–Crippen LogP) is -2.95. The van der Waals surface area contributed by atoms with Crippen molar-refractivity contribution in [2.24, 2.45) is 5.41 Å². The molecule has 2 aromatic rings. The zero-order chi connectivity index (χ0) is 17.6. The Kier molecular flexibility index (Phi) is 4.46. The maximum absolute atomic E-state index is 10.8. The maximum Gasteiger partial charge on any atom is 0.149 e. The second-order valence-corrected chi connectivity index (χ2v) is 7.59. The van der Waals surface area contributed by atoms with Crippen molar-refractivity contribution >= 4 is 47.8 Å².